The fourth-order valence-corrected chi connectivity index (χ4v) is 3.73. The van der Waals surface area contributed by atoms with Gasteiger partial charge in [-0.3, -0.25) is 24.6 Å². The summed E-state index contributed by atoms with van der Waals surface area (Å²) >= 11 is 0. The largest absolute Gasteiger partial charge is 0.507 e. The molecular formula is C24H18N2O6. The van der Waals surface area contributed by atoms with Gasteiger partial charge in [0.2, 0.25) is 0 Å². The van der Waals surface area contributed by atoms with Crippen LogP contribution in [0.3, 0.4) is 0 Å². The van der Waals surface area contributed by atoms with E-state index in [1.807, 2.05) is 0 Å². The first-order chi connectivity index (χ1) is 15.4. The molecule has 0 bridgehead atoms. The van der Waals surface area contributed by atoms with E-state index in [1.54, 1.807) is 60.7 Å². The normalized spacial score (nSPS) is 17.4. The number of hydrogen-bond acceptors (Lipinski definition) is 6. The van der Waals surface area contributed by atoms with Crippen LogP contribution < -0.4 is 9.64 Å². The molecule has 4 rings (SSSR count). The lowest BCUT2D eigenvalue weighted by Crippen LogP contribution is -2.29. The number of hydrogen-bond donors (Lipinski definition) is 1. The predicted octanol–water partition coefficient (Wildman–Crippen LogP) is 4.23. The molecule has 3 aromatic rings. The van der Waals surface area contributed by atoms with Crippen LogP contribution >= 0.6 is 0 Å². The zero-order valence-corrected chi connectivity index (χ0v) is 17.0. The fraction of sp³-hybridized carbons (Fsp3) is 0.0833. The van der Waals surface area contributed by atoms with Gasteiger partial charge in [-0.25, -0.2) is 0 Å². The Bertz CT molecular complexity index is 1250. The quantitative estimate of drug-likeness (QED) is 0.213. The first-order valence-corrected chi connectivity index (χ1v) is 9.67. The minimum atomic E-state index is -1.07. The topological polar surface area (TPSA) is 110 Å². The number of nitro groups is 1. The molecule has 1 aliphatic rings. The van der Waals surface area contributed by atoms with Crippen LogP contribution in [0.25, 0.3) is 5.76 Å². The van der Waals surface area contributed by atoms with Crippen molar-refractivity contribution in [2.24, 2.45) is 0 Å². The minimum absolute atomic E-state index is 0.149. The number of rotatable bonds is 5. The molecule has 1 heterocycles. The van der Waals surface area contributed by atoms with Crippen LogP contribution in [0.5, 0.6) is 5.75 Å². The summed E-state index contributed by atoms with van der Waals surface area (Å²) in [6, 6.07) is 19.5. The molecule has 1 atom stereocenters. The number of ketones is 1. The first-order valence-electron chi connectivity index (χ1n) is 9.67. The summed E-state index contributed by atoms with van der Waals surface area (Å²) in [5.74, 6) is -1.63. The monoisotopic (exact) mass is 430 g/mol. The van der Waals surface area contributed by atoms with Gasteiger partial charge in [-0.15, -0.1) is 0 Å². The smallest absolute Gasteiger partial charge is 0.300 e. The van der Waals surface area contributed by atoms with Crippen molar-refractivity contribution in [3.63, 3.8) is 0 Å². The third-order valence-corrected chi connectivity index (χ3v) is 5.22. The number of carbonyl (C=O) groups excluding carboxylic acids is 2. The van der Waals surface area contributed by atoms with E-state index in [0.29, 0.717) is 22.6 Å². The van der Waals surface area contributed by atoms with E-state index < -0.39 is 22.7 Å². The summed E-state index contributed by atoms with van der Waals surface area (Å²) in [5, 5.41) is 22.4. The number of aliphatic hydroxyl groups is 1. The van der Waals surface area contributed by atoms with Gasteiger partial charge in [-0.1, -0.05) is 48.5 Å². The number of methoxy groups -OCH3 is 1. The van der Waals surface area contributed by atoms with Crippen molar-refractivity contribution in [2.75, 3.05) is 12.0 Å². The van der Waals surface area contributed by atoms with E-state index >= 15 is 0 Å². The molecule has 0 aliphatic carbocycles. The van der Waals surface area contributed by atoms with Crippen LogP contribution in [0.2, 0.25) is 0 Å². The Kier molecular flexibility index (Phi) is 5.43. The number of benzene rings is 3. The second-order valence-corrected chi connectivity index (χ2v) is 7.09. The van der Waals surface area contributed by atoms with Gasteiger partial charge in [0, 0.05) is 29.4 Å². The molecule has 8 heteroatoms. The molecule has 1 aliphatic heterocycles. The summed E-state index contributed by atoms with van der Waals surface area (Å²) in [4.78, 5) is 38.2. The summed E-state index contributed by atoms with van der Waals surface area (Å²) in [6.45, 7) is 0. The number of ether oxygens (including phenoxy) is 1. The van der Waals surface area contributed by atoms with Crippen molar-refractivity contribution in [2.45, 2.75) is 6.04 Å². The van der Waals surface area contributed by atoms with E-state index in [0.717, 1.165) is 0 Å². The lowest BCUT2D eigenvalue weighted by atomic mass is 9.95. The molecule has 1 saturated heterocycles. The molecule has 0 aromatic heterocycles. The maximum Gasteiger partial charge on any atom is 0.300 e. The van der Waals surface area contributed by atoms with Crippen LogP contribution in [0.4, 0.5) is 11.4 Å². The SMILES string of the molecule is COc1cccc(N2C(=O)C(=O)C(=C(O)c3ccccc3)C2c2cccc([N+](=O)[O-])c2)c1. The second-order valence-electron chi connectivity index (χ2n) is 7.09. The highest BCUT2D eigenvalue weighted by Crippen LogP contribution is 2.43. The first kappa shape index (κ1) is 20.8. The lowest BCUT2D eigenvalue weighted by Gasteiger charge is -2.25. The van der Waals surface area contributed by atoms with Crippen LogP contribution in [0, 0.1) is 10.1 Å². The summed E-state index contributed by atoms with van der Waals surface area (Å²) < 4.78 is 5.24. The van der Waals surface area contributed by atoms with E-state index in [4.69, 9.17) is 4.74 Å². The molecule has 160 valence electrons. The van der Waals surface area contributed by atoms with Crippen molar-refractivity contribution in [3.8, 4) is 5.75 Å². The maximum atomic E-state index is 13.1. The Labute approximate surface area is 183 Å². The molecular weight excluding hydrogens is 412 g/mol. The Morgan fingerprint density at radius 1 is 1.00 bits per heavy atom. The van der Waals surface area contributed by atoms with Gasteiger partial charge < -0.3 is 9.84 Å². The average molecular weight is 430 g/mol. The van der Waals surface area contributed by atoms with Gasteiger partial charge in [-0.05, 0) is 17.7 Å². The van der Waals surface area contributed by atoms with Crippen LogP contribution in [-0.2, 0) is 9.59 Å². The van der Waals surface area contributed by atoms with Crippen molar-refractivity contribution in [1.82, 2.24) is 0 Å². The number of non-ortho nitro benzene ring substituents is 1. The highest BCUT2D eigenvalue weighted by atomic mass is 16.6. The molecule has 32 heavy (non-hydrogen) atoms. The van der Waals surface area contributed by atoms with Gasteiger partial charge in [-0.2, -0.15) is 0 Å². The standard InChI is InChI=1S/C24H18N2O6/c1-32-19-12-6-10-17(14-19)25-21(16-9-5-11-18(13-16)26(30)31)20(23(28)24(25)29)22(27)15-7-3-2-4-8-15/h2-14,21,27H,1H3. The number of nitro benzene ring substituents is 1. The van der Waals surface area contributed by atoms with Gasteiger partial charge in [0.1, 0.15) is 11.5 Å². The van der Waals surface area contributed by atoms with E-state index in [9.17, 15) is 24.8 Å². The molecule has 1 unspecified atom stereocenters. The summed E-state index contributed by atoms with van der Waals surface area (Å²) in [7, 11) is 1.47. The minimum Gasteiger partial charge on any atom is -0.507 e. The van der Waals surface area contributed by atoms with Gasteiger partial charge in [0.25, 0.3) is 17.4 Å². The molecule has 0 spiro atoms. The van der Waals surface area contributed by atoms with E-state index in [1.165, 1.54) is 30.2 Å². The van der Waals surface area contributed by atoms with E-state index in [-0.39, 0.29) is 17.0 Å². The van der Waals surface area contributed by atoms with Crippen molar-refractivity contribution < 1.29 is 24.4 Å². The van der Waals surface area contributed by atoms with E-state index in [2.05, 4.69) is 0 Å². The number of amides is 1. The highest BCUT2D eigenvalue weighted by molar-refractivity contribution is 6.51. The highest BCUT2D eigenvalue weighted by Gasteiger charge is 2.47. The van der Waals surface area contributed by atoms with Crippen molar-refractivity contribution in [3.05, 3.63) is 106 Å². The molecule has 8 nitrogen and oxygen atoms in total. The third-order valence-electron chi connectivity index (χ3n) is 5.22. The Morgan fingerprint density at radius 2 is 1.72 bits per heavy atom. The Morgan fingerprint density at radius 3 is 2.41 bits per heavy atom. The molecule has 0 saturated carbocycles. The number of carbonyl (C=O) groups is 2. The zero-order valence-electron chi connectivity index (χ0n) is 17.0. The summed E-state index contributed by atoms with van der Waals surface area (Å²) in [5.41, 5.74) is 0.684. The van der Waals surface area contributed by atoms with Crippen molar-refractivity contribution >= 4 is 28.8 Å². The number of anilines is 1. The van der Waals surface area contributed by atoms with Crippen molar-refractivity contribution in [1.29, 1.82) is 0 Å². The Balaban J connectivity index is 1.97. The molecule has 1 N–H and O–H groups in total. The van der Waals surface area contributed by atoms with Crippen LogP contribution in [0.15, 0.2) is 84.4 Å². The van der Waals surface area contributed by atoms with Gasteiger partial charge in [0.15, 0.2) is 0 Å². The summed E-state index contributed by atoms with van der Waals surface area (Å²) in [6.07, 6.45) is 0. The number of Topliss-reactive ketones (excluding diaryl/α,β-unsaturated/α-hetero) is 1. The number of aliphatic hydroxyl groups excluding tert-OH is 1. The maximum absolute atomic E-state index is 13.1. The predicted molar refractivity (Wildman–Crippen MR) is 117 cm³/mol. The van der Waals surface area contributed by atoms with Crippen LogP contribution in [0.1, 0.15) is 17.2 Å². The van der Waals surface area contributed by atoms with Crippen LogP contribution in [-0.4, -0.2) is 28.8 Å². The molecule has 0 radical (unpaired) electrons. The third kappa shape index (κ3) is 3.58. The molecule has 1 amide bonds. The van der Waals surface area contributed by atoms with Gasteiger partial charge in [0.05, 0.1) is 23.6 Å². The second kappa shape index (κ2) is 8.35. The van der Waals surface area contributed by atoms with Gasteiger partial charge >= 0.3 is 0 Å². The average Bonchev–Trinajstić information content (AvgIpc) is 3.09. The Hall–Kier alpha value is -4.46. The number of nitrogens with zero attached hydrogens (tertiary/aromatic N) is 2. The lowest BCUT2D eigenvalue weighted by molar-refractivity contribution is -0.384. The molecule has 1 fully saturated rings. The zero-order chi connectivity index (χ0) is 22.8. The molecule has 3 aromatic carbocycles. The fourth-order valence-electron chi connectivity index (χ4n) is 3.73.